The van der Waals surface area contributed by atoms with E-state index in [2.05, 4.69) is 60.1 Å². The van der Waals surface area contributed by atoms with Crippen molar-refractivity contribution in [2.24, 2.45) is 10.1 Å². The van der Waals surface area contributed by atoms with Crippen LogP contribution in [0.2, 0.25) is 0 Å². The molecule has 1 aliphatic rings. The number of benzene rings is 1. The normalized spacial score (nSPS) is 13.5. The quantitative estimate of drug-likeness (QED) is 0.419. The van der Waals surface area contributed by atoms with Crippen molar-refractivity contribution >= 4 is 38.8 Å². The zero-order valence-electron chi connectivity index (χ0n) is 20.8. The molecule has 1 aliphatic heterocycles. The Bertz CT molecular complexity index is 1420. The molecule has 0 saturated carbocycles. The third-order valence-corrected chi connectivity index (χ3v) is 6.36. The van der Waals surface area contributed by atoms with Crippen LogP contribution in [0.5, 0.6) is 0 Å². The summed E-state index contributed by atoms with van der Waals surface area (Å²) in [6.07, 6.45) is 7.44. The van der Waals surface area contributed by atoms with E-state index in [4.69, 9.17) is 5.73 Å². The van der Waals surface area contributed by atoms with Gasteiger partial charge in [-0.15, -0.1) is 0 Å². The molecule has 0 bridgehead atoms. The van der Waals surface area contributed by atoms with Crippen molar-refractivity contribution in [3.8, 4) is 6.07 Å². The molecule has 10 nitrogen and oxygen atoms in total. The molecule has 0 saturated heterocycles. The van der Waals surface area contributed by atoms with Gasteiger partial charge >= 0.3 is 0 Å². The maximum absolute atomic E-state index is 12.0. The molecule has 0 atom stereocenters. The standard InChI is InChI=1S/C25H31N9OS/c1-34-11-9-21-17(6-5-10-26)12-20(13-18(21)16-34)29-25-28-15-19(14-27)24(32-25)31-22-7-4-8-23(30-22)33-36(2,3)35/h4,7-8,12-13,15H,5-6,9-11,16,26H2,1-3H3,(H2,28,29,30,31,32). The maximum atomic E-state index is 12.0. The highest BCUT2D eigenvalue weighted by atomic mass is 32.2. The number of fused-ring (bicyclic) bond motifs is 1. The Hall–Kier alpha value is -3.59. The molecular weight excluding hydrogens is 474 g/mol. The Morgan fingerprint density at radius 2 is 2.08 bits per heavy atom. The first-order chi connectivity index (χ1) is 17.2. The largest absolute Gasteiger partial charge is 0.330 e. The zero-order valence-corrected chi connectivity index (χ0v) is 21.6. The van der Waals surface area contributed by atoms with Crippen LogP contribution < -0.4 is 16.4 Å². The van der Waals surface area contributed by atoms with Gasteiger partial charge < -0.3 is 21.3 Å². The van der Waals surface area contributed by atoms with E-state index in [1.165, 1.54) is 22.9 Å². The maximum Gasteiger partial charge on any atom is 0.229 e. The molecule has 188 valence electrons. The molecule has 3 aromatic rings. The molecule has 11 heteroatoms. The summed E-state index contributed by atoms with van der Waals surface area (Å²) in [5.41, 5.74) is 11.0. The van der Waals surface area contributed by atoms with E-state index in [1.54, 1.807) is 30.7 Å². The number of likely N-dealkylation sites (N-methyl/N-ethyl adjacent to an activating group) is 1. The number of hydrogen-bond donors (Lipinski definition) is 3. The molecule has 0 spiro atoms. The van der Waals surface area contributed by atoms with Gasteiger partial charge in [0.05, 0.1) is 6.20 Å². The third kappa shape index (κ3) is 6.54. The van der Waals surface area contributed by atoms with Crippen molar-refractivity contribution in [1.29, 1.82) is 5.26 Å². The highest BCUT2D eigenvalue weighted by molar-refractivity contribution is 7.92. The Kier molecular flexibility index (Phi) is 7.79. The van der Waals surface area contributed by atoms with Crippen LogP contribution in [0.3, 0.4) is 0 Å². The summed E-state index contributed by atoms with van der Waals surface area (Å²) in [5, 5.41) is 16.0. The number of nitrogens with one attached hydrogen (secondary N) is 2. The van der Waals surface area contributed by atoms with Crippen molar-refractivity contribution in [2.75, 3.05) is 43.3 Å². The number of hydrogen-bond acceptors (Lipinski definition) is 10. The molecule has 36 heavy (non-hydrogen) atoms. The minimum Gasteiger partial charge on any atom is -0.330 e. The Morgan fingerprint density at radius 3 is 2.83 bits per heavy atom. The number of nitrogens with two attached hydrogens (primary N) is 1. The van der Waals surface area contributed by atoms with Gasteiger partial charge in [-0.2, -0.15) is 14.6 Å². The summed E-state index contributed by atoms with van der Waals surface area (Å²) < 4.78 is 16.2. The average Bonchev–Trinajstić information content (AvgIpc) is 2.81. The molecule has 0 radical (unpaired) electrons. The summed E-state index contributed by atoms with van der Waals surface area (Å²) in [5.74, 6) is 1.44. The van der Waals surface area contributed by atoms with Crippen LogP contribution in [0.1, 0.15) is 28.7 Å². The predicted octanol–water partition coefficient (Wildman–Crippen LogP) is 3.47. The Morgan fingerprint density at radius 1 is 1.25 bits per heavy atom. The van der Waals surface area contributed by atoms with Crippen LogP contribution in [-0.2, 0) is 29.1 Å². The topological polar surface area (TPSA) is 145 Å². The SMILES string of the molecule is CN1CCc2c(CCCN)cc(Nc3ncc(C#N)c(Nc4cccc(N=S(C)(C)=O)n4)n3)cc2C1. The van der Waals surface area contributed by atoms with E-state index in [0.717, 1.165) is 38.0 Å². The van der Waals surface area contributed by atoms with Gasteiger partial charge in [-0.3, -0.25) is 0 Å². The predicted molar refractivity (Wildman–Crippen MR) is 143 cm³/mol. The van der Waals surface area contributed by atoms with Crippen molar-refractivity contribution < 1.29 is 4.21 Å². The second-order valence-electron chi connectivity index (χ2n) is 9.12. The van der Waals surface area contributed by atoms with Crippen molar-refractivity contribution in [2.45, 2.75) is 25.8 Å². The number of aromatic nitrogens is 3. The van der Waals surface area contributed by atoms with E-state index in [9.17, 15) is 9.47 Å². The summed E-state index contributed by atoms with van der Waals surface area (Å²) in [6.45, 7) is 2.58. The lowest BCUT2D eigenvalue weighted by Crippen LogP contribution is -2.27. The fourth-order valence-electron chi connectivity index (χ4n) is 4.16. The molecule has 3 heterocycles. The minimum absolute atomic E-state index is 0.273. The van der Waals surface area contributed by atoms with Crippen LogP contribution in [0.15, 0.2) is 40.9 Å². The first kappa shape index (κ1) is 25.5. The van der Waals surface area contributed by atoms with Crippen LogP contribution in [0.25, 0.3) is 0 Å². The molecule has 0 amide bonds. The zero-order chi connectivity index (χ0) is 25.7. The van der Waals surface area contributed by atoms with Crippen LogP contribution in [-0.4, -0.2) is 56.7 Å². The van der Waals surface area contributed by atoms with Crippen LogP contribution in [0, 0.1) is 11.3 Å². The van der Waals surface area contributed by atoms with Crippen molar-refractivity contribution in [3.05, 3.63) is 58.8 Å². The molecule has 1 aromatic carbocycles. The van der Waals surface area contributed by atoms with E-state index < -0.39 is 9.73 Å². The van der Waals surface area contributed by atoms with Gasteiger partial charge in [0.15, 0.2) is 11.6 Å². The van der Waals surface area contributed by atoms with E-state index >= 15 is 0 Å². The van der Waals surface area contributed by atoms with Gasteiger partial charge in [0, 0.05) is 41.0 Å². The molecule has 0 fully saturated rings. The summed E-state index contributed by atoms with van der Waals surface area (Å²) in [6, 6.07) is 11.5. The van der Waals surface area contributed by atoms with Crippen molar-refractivity contribution in [1.82, 2.24) is 19.9 Å². The van der Waals surface area contributed by atoms with Gasteiger partial charge in [0.1, 0.15) is 17.5 Å². The summed E-state index contributed by atoms with van der Waals surface area (Å²) in [4.78, 5) is 15.6. The number of pyridine rings is 1. The van der Waals surface area contributed by atoms with Gasteiger partial charge in [-0.05, 0) is 73.8 Å². The number of rotatable bonds is 8. The molecule has 2 aromatic heterocycles. The highest BCUT2D eigenvalue weighted by Gasteiger charge is 2.18. The smallest absolute Gasteiger partial charge is 0.229 e. The number of nitriles is 1. The van der Waals surface area contributed by atoms with Gasteiger partial charge in [0.2, 0.25) is 5.95 Å². The van der Waals surface area contributed by atoms with Crippen LogP contribution in [0.4, 0.5) is 29.1 Å². The van der Waals surface area contributed by atoms with Gasteiger partial charge in [-0.25, -0.2) is 14.2 Å². The fourth-order valence-corrected chi connectivity index (χ4v) is 4.71. The monoisotopic (exact) mass is 505 g/mol. The minimum atomic E-state index is -2.35. The summed E-state index contributed by atoms with van der Waals surface area (Å²) in [7, 11) is -0.229. The second-order valence-corrected chi connectivity index (χ2v) is 11.7. The van der Waals surface area contributed by atoms with Gasteiger partial charge in [-0.1, -0.05) is 6.07 Å². The number of nitrogens with zero attached hydrogens (tertiary/aromatic N) is 6. The Labute approximate surface area is 212 Å². The molecule has 0 aliphatic carbocycles. The number of aryl methyl sites for hydroxylation is 1. The van der Waals surface area contributed by atoms with E-state index in [0.29, 0.717) is 29.9 Å². The van der Waals surface area contributed by atoms with E-state index in [-0.39, 0.29) is 5.56 Å². The first-order valence-corrected chi connectivity index (χ1v) is 14.1. The fraction of sp³-hybridized carbons (Fsp3) is 0.360. The van der Waals surface area contributed by atoms with Crippen molar-refractivity contribution in [3.63, 3.8) is 0 Å². The molecule has 0 unspecified atom stereocenters. The lowest BCUT2D eigenvalue weighted by Gasteiger charge is -2.28. The lowest BCUT2D eigenvalue weighted by atomic mass is 9.91. The molecule has 4 rings (SSSR count). The Balaban J connectivity index is 1.63. The van der Waals surface area contributed by atoms with Crippen LogP contribution >= 0.6 is 0 Å². The summed E-state index contributed by atoms with van der Waals surface area (Å²) >= 11 is 0. The van der Waals surface area contributed by atoms with E-state index in [1.807, 2.05) is 0 Å². The lowest BCUT2D eigenvalue weighted by molar-refractivity contribution is 0.312. The second kappa shape index (κ2) is 11.0. The average molecular weight is 506 g/mol. The molecular formula is C25H31N9OS. The molecule has 4 N–H and O–H groups in total. The highest BCUT2D eigenvalue weighted by Crippen LogP contribution is 2.29. The first-order valence-electron chi connectivity index (χ1n) is 11.7. The third-order valence-electron chi connectivity index (χ3n) is 5.73. The van der Waals surface area contributed by atoms with Gasteiger partial charge in [0.25, 0.3) is 0 Å². The number of anilines is 4.